The number of anilines is 1. The molecule has 0 atom stereocenters. The lowest BCUT2D eigenvalue weighted by molar-refractivity contribution is -0.117. The minimum atomic E-state index is -3.90. The lowest BCUT2D eigenvalue weighted by atomic mass is 10.1. The molecule has 7 nitrogen and oxygen atoms in total. The van der Waals surface area contributed by atoms with Crippen LogP contribution in [-0.4, -0.2) is 25.8 Å². The van der Waals surface area contributed by atoms with Gasteiger partial charge in [0.15, 0.2) is 0 Å². The van der Waals surface area contributed by atoms with Crippen LogP contribution < -0.4 is 10.5 Å². The van der Waals surface area contributed by atoms with Crippen molar-refractivity contribution in [2.75, 3.05) is 11.9 Å². The van der Waals surface area contributed by atoms with E-state index in [1.165, 1.54) is 30.3 Å². The Labute approximate surface area is 186 Å². The lowest BCUT2D eigenvalue weighted by Gasteiger charge is -2.22. The van der Waals surface area contributed by atoms with Crippen molar-refractivity contribution >= 4 is 21.6 Å². The quantitative estimate of drug-likeness (QED) is 0.545. The Morgan fingerprint density at radius 1 is 1.00 bits per heavy atom. The summed E-state index contributed by atoms with van der Waals surface area (Å²) in [5.41, 5.74) is 2.40. The first-order valence-electron chi connectivity index (χ1n) is 9.61. The van der Waals surface area contributed by atoms with E-state index >= 15 is 0 Å². The lowest BCUT2D eigenvalue weighted by Crippen LogP contribution is -2.32. The Hall–Kier alpha value is -3.58. The van der Waals surface area contributed by atoms with Gasteiger partial charge in [0.1, 0.15) is 5.82 Å². The summed E-state index contributed by atoms with van der Waals surface area (Å²) in [6.07, 6.45) is 0. The summed E-state index contributed by atoms with van der Waals surface area (Å²) in [6, 6.07) is 20.8. The van der Waals surface area contributed by atoms with Crippen LogP contribution in [0.4, 0.5) is 10.1 Å². The van der Waals surface area contributed by atoms with Crippen molar-refractivity contribution in [1.29, 1.82) is 5.26 Å². The van der Waals surface area contributed by atoms with Gasteiger partial charge < -0.3 is 5.32 Å². The number of nitrogens with two attached hydrogens (primary N) is 1. The van der Waals surface area contributed by atoms with Gasteiger partial charge in [-0.15, -0.1) is 0 Å². The Morgan fingerprint density at radius 3 is 2.34 bits per heavy atom. The molecule has 0 aliphatic rings. The van der Waals surface area contributed by atoms with Crippen LogP contribution in [0.15, 0.2) is 77.7 Å². The minimum absolute atomic E-state index is 0.0316. The molecule has 0 radical (unpaired) electrons. The molecule has 0 saturated carbocycles. The number of carbonyl (C=O) groups excluding carboxylic acids is 1. The van der Waals surface area contributed by atoms with Crippen molar-refractivity contribution < 1.29 is 17.6 Å². The van der Waals surface area contributed by atoms with Crippen molar-refractivity contribution in [2.24, 2.45) is 5.14 Å². The normalized spacial score (nSPS) is 11.2. The first kappa shape index (κ1) is 23.1. The molecule has 164 valence electrons. The van der Waals surface area contributed by atoms with E-state index in [0.29, 0.717) is 29.9 Å². The van der Waals surface area contributed by atoms with E-state index in [-0.39, 0.29) is 23.2 Å². The van der Waals surface area contributed by atoms with Crippen LogP contribution in [0.5, 0.6) is 0 Å². The molecular formula is C23H21FN4O3S. The summed E-state index contributed by atoms with van der Waals surface area (Å²) in [7, 11) is -3.90. The predicted molar refractivity (Wildman–Crippen MR) is 118 cm³/mol. The molecule has 0 fully saturated rings. The van der Waals surface area contributed by atoms with Gasteiger partial charge in [0, 0.05) is 18.8 Å². The average molecular weight is 453 g/mol. The summed E-state index contributed by atoms with van der Waals surface area (Å²) in [6.45, 7) is 0.658. The van der Waals surface area contributed by atoms with Crippen LogP contribution in [-0.2, 0) is 27.9 Å². The zero-order chi connectivity index (χ0) is 23.1. The third kappa shape index (κ3) is 6.72. The molecule has 0 aromatic heterocycles. The number of primary sulfonamides is 1. The van der Waals surface area contributed by atoms with Gasteiger partial charge in [0.25, 0.3) is 0 Å². The first-order valence-corrected chi connectivity index (χ1v) is 11.2. The molecule has 0 unspecified atom stereocenters. The van der Waals surface area contributed by atoms with Crippen LogP contribution in [0, 0.1) is 17.1 Å². The molecule has 0 aliphatic heterocycles. The molecule has 0 saturated heterocycles. The van der Waals surface area contributed by atoms with Gasteiger partial charge in [-0.2, -0.15) is 5.26 Å². The molecule has 3 aromatic rings. The highest BCUT2D eigenvalue weighted by Gasteiger charge is 2.15. The summed E-state index contributed by atoms with van der Waals surface area (Å²) >= 11 is 0. The van der Waals surface area contributed by atoms with E-state index in [9.17, 15) is 17.6 Å². The molecule has 3 N–H and O–H groups in total. The van der Waals surface area contributed by atoms with Gasteiger partial charge in [-0.3, -0.25) is 9.69 Å². The maximum absolute atomic E-state index is 13.6. The number of nitriles is 1. The number of hydrogen-bond acceptors (Lipinski definition) is 5. The number of nitrogens with zero attached hydrogens (tertiary/aromatic N) is 2. The molecular weight excluding hydrogens is 431 g/mol. The topological polar surface area (TPSA) is 116 Å². The summed E-state index contributed by atoms with van der Waals surface area (Å²) in [5.74, 6) is -0.744. The summed E-state index contributed by atoms with van der Waals surface area (Å²) < 4.78 is 36.7. The summed E-state index contributed by atoms with van der Waals surface area (Å²) in [5, 5.41) is 16.8. The molecule has 0 bridgehead atoms. The van der Waals surface area contributed by atoms with Crippen LogP contribution in [0.3, 0.4) is 0 Å². The Bertz CT molecular complexity index is 1250. The number of rotatable bonds is 8. The zero-order valence-corrected chi connectivity index (χ0v) is 17.8. The van der Waals surface area contributed by atoms with Gasteiger partial charge >= 0.3 is 0 Å². The van der Waals surface area contributed by atoms with Crippen molar-refractivity contribution in [3.63, 3.8) is 0 Å². The molecule has 9 heteroatoms. The number of amides is 1. The fraction of sp³-hybridized carbons (Fsp3) is 0.130. The number of halogens is 1. The van der Waals surface area contributed by atoms with Crippen LogP contribution in [0.2, 0.25) is 0 Å². The number of hydrogen-bond donors (Lipinski definition) is 2. The molecule has 1 amide bonds. The van der Waals surface area contributed by atoms with Gasteiger partial charge in [-0.25, -0.2) is 17.9 Å². The third-order valence-electron chi connectivity index (χ3n) is 4.60. The summed E-state index contributed by atoms with van der Waals surface area (Å²) in [4.78, 5) is 14.4. The fourth-order valence-electron chi connectivity index (χ4n) is 3.16. The first-order chi connectivity index (χ1) is 15.2. The Balaban J connectivity index is 1.76. The van der Waals surface area contributed by atoms with E-state index in [0.717, 1.165) is 5.56 Å². The largest absolute Gasteiger partial charge is 0.325 e. The zero-order valence-electron chi connectivity index (χ0n) is 17.0. The predicted octanol–water partition coefficient (Wildman–Crippen LogP) is 2.99. The molecule has 3 aromatic carbocycles. The van der Waals surface area contributed by atoms with Crippen LogP contribution in [0.25, 0.3) is 0 Å². The molecule has 0 aliphatic carbocycles. The van der Waals surface area contributed by atoms with E-state index in [4.69, 9.17) is 10.4 Å². The van der Waals surface area contributed by atoms with E-state index in [1.807, 2.05) is 4.90 Å². The Kier molecular flexibility index (Phi) is 7.33. The number of benzene rings is 3. The molecule has 3 rings (SSSR count). The highest BCUT2D eigenvalue weighted by atomic mass is 32.2. The Morgan fingerprint density at radius 2 is 1.69 bits per heavy atom. The van der Waals surface area contributed by atoms with Gasteiger partial charge in [-0.05, 0) is 53.6 Å². The maximum Gasteiger partial charge on any atom is 0.238 e. The molecule has 0 heterocycles. The van der Waals surface area contributed by atoms with Crippen molar-refractivity contribution in [3.05, 3.63) is 95.3 Å². The van der Waals surface area contributed by atoms with E-state index < -0.39 is 10.0 Å². The van der Waals surface area contributed by atoms with E-state index in [2.05, 4.69) is 11.4 Å². The van der Waals surface area contributed by atoms with Gasteiger partial charge in [-0.1, -0.05) is 30.3 Å². The van der Waals surface area contributed by atoms with Crippen molar-refractivity contribution in [3.8, 4) is 6.07 Å². The highest BCUT2D eigenvalue weighted by molar-refractivity contribution is 7.89. The average Bonchev–Trinajstić information content (AvgIpc) is 2.74. The maximum atomic E-state index is 13.6. The number of nitrogens with one attached hydrogen (secondary N) is 1. The third-order valence-corrected chi connectivity index (χ3v) is 5.51. The van der Waals surface area contributed by atoms with Crippen molar-refractivity contribution in [2.45, 2.75) is 18.0 Å². The fourth-order valence-corrected chi connectivity index (χ4v) is 3.72. The van der Waals surface area contributed by atoms with Gasteiger partial charge in [0.2, 0.25) is 15.9 Å². The van der Waals surface area contributed by atoms with Crippen LogP contribution in [0.1, 0.15) is 16.7 Å². The van der Waals surface area contributed by atoms with E-state index in [1.54, 1.807) is 42.5 Å². The standard InChI is InChI=1S/C23H21FN4O3S/c24-20-4-1-3-19(11-20)15-28(14-18-9-7-17(13-25)8-10-18)16-23(29)27-21-5-2-6-22(12-21)32(26,30)31/h1-12H,14-16H2,(H,27,29)(H2,26,30,31). The minimum Gasteiger partial charge on any atom is -0.325 e. The van der Waals surface area contributed by atoms with Gasteiger partial charge in [0.05, 0.1) is 23.1 Å². The second-order valence-corrected chi connectivity index (χ2v) is 8.77. The molecule has 0 spiro atoms. The highest BCUT2D eigenvalue weighted by Crippen LogP contribution is 2.16. The second kappa shape index (κ2) is 10.2. The number of sulfonamides is 1. The second-order valence-electron chi connectivity index (χ2n) is 7.20. The monoisotopic (exact) mass is 452 g/mol. The van der Waals surface area contributed by atoms with Crippen LogP contribution >= 0.6 is 0 Å². The number of carbonyl (C=O) groups is 1. The SMILES string of the molecule is N#Cc1ccc(CN(CC(=O)Nc2cccc(S(N)(=O)=O)c2)Cc2cccc(F)c2)cc1. The smallest absolute Gasteiger partial charge is 0.238 e. The molecule has 32 heavy (non-hydrogen) atoms. The van der Waals surface area contributed by atoms with Crippen molar-refractivity contribution in [1.82, 2.24) is 4.90 Å².